The van der Waals surface area contributed by atoms with Gasteiger partial charge in [-0.2, -0.15) is 5.10 Å². The van der Waals surface area contributed by atoms with Crippen molar-refractivity contribution >= 4 is 45.9 Å². The van der Waals surface area contributed by atoms with Crippen LogP contribution in [0.5, 0.6) is 0 Å². The van der Waals surface area contributed by atoms with Gasteiger partial charge in [0.2, 0.25) is 0 Å². The lowest BCUT2D eigenvalue weighted by Crippen LogP contribution is -2.32. The number of likely N-dealkylation sites (N-methyl/N-ethyl adjacent to an activating group) is 1. The van der Waals surface area contributed by atoms with Gasteiger partial charge in [-0.25, -0.2) is 9.48 Å². The van der Waals surface area contributed by atoms with Gasteiger partial charge >= 0.3 is 5.97 Å². The highest BCUT2D eigenvalue weighted by Crippen LogP contribution is 2.23. The SMILES string of the molecule is CCCCCn1nc(C(=O)OCC(=O)N(C)Cc2ccc(Cl)c(Cl)c2)c2ccccc2c1=O. The fourth-order valence-corrected chi connectivity index (χ4v) is 3.68. The van der Waals surface area contributed by atoms with Gasteiger partial charge in [0, 0.05) is 25.5 Å². The Morgan fingerprint density at radius 3 is 2.48 bits per heavy atom. The fraction of sp³-hybridized carbons (Fsp3) is 0.333. The molecule has 3 rings (SSSR count). The summed E-state index contributed by atoms with van der Waals surface area (Å²) >= 11 is 11.9. The molecule has 7 nitrogen and oxygen atoms in total. The summed E-state index contributed by atoms with van der Waals surface area (Å²) in [4.78, 5) is 39.5. The van der Waals surface area contributed by atoms with E-state index in [2.05, 4.69) is 12.0 Å². The third-order valence-corrected chi connectivity index (χ3v) is 5.93. The molecule has 33 heavy (non-hydrogen) atoms. The van der Waals surface area contributed by atoms with Gasteiger partial charge in [0.25, 0.3) is 11.5 Å². The number of carbonyl (C=O) groups excluding carboxylic acids is 2. The monoisotopic (exact) mass is 489 g/mol. The maximum absolute atomic E-state index is 12.8. The van der Waals surface area contributed by atoms with E-state index < -0.39 is 18.5 Å². The number of benzene rings is 2. The van der Waals surface area contributed by atoms with Crippen molar-refractivity contribution in [3.05, 3.63) is 74.1 Å². The second-order valence-corrected chi connectivity index (χ2v) is 8.52. The van der Waals surface area contributed by atoms with Crippen molar-refractivity contribution in [2.45, 2.75) is 39.3 Å². The lowest BCUT2D eigenvalue weighted by Gasteiger charge is -2.17. The van der Waals surface area contributed by atoms with Gasteiger partial charge in [0.05, 0.1) is 15.4 Å². The topological polar surface area (TPSA) is 81.5 Å². The van der Waals surface area contributed by atoms with Gasteiger partial charge in [0.1, 0.15) is 0 Å². The number of hydrogen-bond donors (Lipinski definition) is 0. The number of hydrogen-bond acceptors (Lipinski definition) is 5. The average molecular weight is 490 g/mol. The Hall–Kier alpha value is -2.90. The van der Waals surface area contributed by atoms with Gasteiger partial charge in [-0.15, -0.1) is 0 Å². The molecular formula is C24H25Cl2N3O4. The summed E-state index contributed by atoms with van der Waals surface area (Å²) in [6.07, 6.45) is 2.71. The van der Waals surface area contributed by atoms with Crippen LogP contribution >= 0.6 is 23.2 Å². The maximum atomic E-state index is 12.8. The second kappa shape index (κ2) is 11.3. The zero-order chi connectivity index (χ0) is 24.0. The Labute approximate surface area is 201 Å². The highest BCUT2D eigenvalue weighted by atomic mass is 35.5. The molecule has 0 bridgehead atoms. The van der Waals surface area contributed by atoms with E-state index in [-0.39, 0.29) is 17.8 Å². The van der Waals surface area contributed by atoms with E-state index >= 15 is 0 Å². The molecule has 3 aromatic rings. The van der Waals surface area contributed by atoms with Crippen LogP contribution in [-0.4, -0.2) is 40.2 Å². The van der Waals surface area contributed by atoms with E-state index in [4.69, 9.17) is 27.9 Å². The predicted molar refractivity (Wildman–Crippen MR) is 129 cm³/mol. The summed E-state index contributed by atoms with van der Waals surface area (Å²) in [7, 11) is 1.60. The highest BCUT2D eigenvalue weighted by molar-refractivity contribution is 6.42. The van der Waals surface area contributed by atoms with E-state index in [1.807, 2.05) is 0 Å². The molecule has 0 fully saturated rings. The number of ether oxygens (including phenoxy) is 1. The normalized spacial score (nSPS) is 10.9. The van der Waals surface area contributed by atoms with Gasteiger partial charge in [-0.05, 0) is 30.2 Å². The Bertz CT molecular complexity index is 1230. The standard InChI is InChI=1S/C24H25Cl2N3O4/c1-3-4-7-12-29-23(31)18-9-6-5-8-17(18)22(27-29)24(32)33-15-21(30)28(2)14-16-10-11-19(25)20(26)13-16/h5-6,8-11,13H,3-4,7,12,14-15H2,1-2H3. The van der Waals surface area contributed by atoms with Crippen LogP contribution in [0.15, 0.2) is 47.3 Å². The Morgan fingerprint density at radius 1 is 1.06 bits per heavy atom. The molecule has 1 aromatic heterocycles. The molecule has 0 saturated carbocycles. The summed E-state index contributed by atoms with van der Waals surface area (Å²) in [5.41, 5.74) is 0.552. The first-order chi connectivity index (χ1) is 15.8. The fourth-order valence-electron chi connectivity index (χ4n) is 3.35. The maximum Gasteiger partial charge on any atom is 0.359 e. The van der Waals surface area contributed by atoms with Crippen LogP contribution in [0.4, 0.5) is 0 Å². The number of nitrogens with zero attached hydrogens (tertiary/aromatic N) is 3. The van der Waals surface area contributed by atoms with E-state index in [0.717, 1.165) is 24.8 Å². The molecule has 0 atom stereocenters. The zero-order valence-electron chi connectivity index (χ0n) is 18.5. The van der Waals surface area contributed by atoms with E-state index in [1.54, 1.807) is 49.5 Å². The van der Waals surface area contributed by atoms with Gasteiger partial charge in [-0.3, -0.25) is 9.59 Å². The van der Waals surface area contributed by atoms with E-state index in [1.165, 1.54) is 9.58 Å². The lowest BCUT2D eigenvalue weighted by atomic mass is 10.1. The van der Waals surface area contributed by atoms with Crippen molar-refractivity contribution in [2.75, 3.05) is 13.7 Å². The molecule has 0 aliphatic heterocycles. The van der Waals surface area contributed by atoms with E-state index in [0.29, 0.717) is 27.4 Å². The van der Waals surface area contributed by atoms with Crippen molar-refractivity contribution < 1.29 is 14.3 Å². The van der Waals surface area contributed by atoms with Crippen LogP contribution in [0.2, 0.25) is 10.0 Å². The summed E-state index contributed by atoms with van der Waals surface area (Å²) in [5.74, 6) is -1.15. The Balaban J connectivity index is 1.73. The Morgan fingerprint density at radius 2 is 1.79 bits per heavy atom. The molecule has 0 saturated heterocycles. The molecule has 0 aliphatic rings. The number of unbranched alkanes of at least 4 members (excludes halogenated alkanes) is 2. The minimum absolute atomic E-state index is 0.0154. The molecule has 0 aliphatic carbocycles. The van der Waals surface area contributed by atoms with Crippen molar-refractivity contribution in [3.8, 4) is 0 Å². The number of rotatable bonds is 9. The molecule has 1 heterocycles. The summed E-state index contributed by atoms with van der Waals surface area (Å²) in [6, 6.07) is 11.9. The average Bonchev–Trinajstić information content (AvgIpc) is 2.81. The molecular weight excluding hydrogens is 465 g/mol. The van der Waals surface area contributed by atoms with Gasteiger partial charge < -0.3 is 9.64 Å². The van der Waals surface area contributed by atoms with Gasteiger partial charge in [0.15, 0.2) is 12.3 Å². The second-order valence-electron chi connectivity index (χ2n) is 7.70. The predicted octanol–water partition coefficient (Wildman–Crippen LogP) is 4.71. The quantitative estimate of drug-likeness (QED) is 0.321. The largest absolute Gasteiger partial charge is 0.451 e. The minimum Gasteiger partial charge on any atom is -0.451 e. The number of halogens is 2. The number of amides is 1. The van der Waals surface area contributed by atoms with Crippen LogP contribution < -0.4 is 5.56 Å². The smallest absolute Gasteiger partial charge is 0.359 e. The molecule has 2 aromatic carbocycles. The highest BCUT2D eigenvalue weighted by Gasteiger charge is 2.20. The van der Waals surface area contributed by atoms with E-state index in [9.17, 15) is 14.4 Å². The van der Waals surface area contributed by atoms with Crippen LogP contribution in [0.1, 0.15) is 42.2 Å². The van der Waals surface area contributed by atoms with Crippen molar-refractivity contribution in [3.63, 3.8) is 0 Å². The first-order valence-corrected chi connectivity index (χ1v) is 11.4. The Kier molecular flexibility index (Phi) is 8.47. The molecule has 0 N–H and O–H groups in total. The molecule has 174 valence electrons. The van der Waals surface area contributed by atoms with Crippen molar-refractivity contribution in [1.29, 1.82) is 0 Å². The number of aromatic nitrogens is 2. The molecule has 9 heteroatoms. The molecule has 0 radical (unpaired) electrons. The zero-order valence-corrected chi connectivity index (χ0v) is 20.0. The van der Waals surface area contributed by atoms with Crippen LogP contribution in [-0.2, 0) is 22.6 Å². The number of fused-ring (bicyclic) bond motifs is 1. The number of aryl methyl sites for hydroxylation is 1. The van der Waals surface area contributed by atoms with Crippen molar-refractivity contribution in [1.82, 2.24) is 14.7 Å². The summed E-state index contributed by atoms with van der Waals surface area (Å²) in [6.45, 7) is 2.29. The van der Waals surface area contributed by atoms with Crippen LogP contribution in [0, 0.1) is 0 Å². The molecule has 0 unspecified atom stereocenters. The van der Waals surface area contributed by atoms with Crippen LogP contribution in [0.3, 0.4) is 0 Å². The molecule has 1 amide bonds. The number of esters is 1. The van der Waals surface area contributed by atoms with Gasteiger partial charge in [-0.1, -0.05) is 67.2 Å². The third kappa shape index (κ3) is 6.12. The summed E-state index contributed by atoms with van der Waals surface area (Å²) < 4.78 is 6.56. The first kappa shape index (κ1) is 24.7. The van der Waals surface area contributed by atoms with Crippen LogP contribution in [0.25, 0.3) is 10.8 Å². The molecule has 0 spiro atoms. The minimum atomic E-state index is -0.758. The summed E-state index contributed by atoms with van der Waals surface area (Å²) in [5, 5.41) is 5.87. The first-order valence-electron chi connectivity index (χ1n) is 10.7. The third-order valence-electron chi connectivity index (χ3n) is 5.19. The van der Waals surface area contributed by atoms with Crippen molar-refractivity contribution in [2.24, 2.45) is 0 Å². The number of carbonyl (C=O) groups is 2. The lowest BCUT2D eigenvalue weighted by molar-refractivity contribution is -0.133.